The summed E-state index contributed by atoms with van der Waals surface area (Å²) in [6.45, 7) is 6.38. The molecule has 0 saturated heterocycles. The van der Waals surface area contributed by atoms with Gasteiger partial charge in [0.1, 0.15) is 5.75 Å². The third-order valence-electron chi connectivity index (χ3n) is 5.52. The summed E-state index contributed by atoms with van der Waals surface area (Å²) in [5.74, 6) is 0.398. The van der Waals surface area contributed by atoms with Gasteiger partial charge in [-0.2, -0.15) is 0 Å². The molecule has 0 spiro atoms. The molecule has 1 N–H and O–H groups in total. The van der Waals surface area contributed by atoms with Crippen LogP contribution in [0.4, 0.5) is 0 Å². The van der Waals surface area contributed by atoms with Gasteiger partial charge in [-0.25, -0.2) is 0 Å². The van der Waals surface area contributed by atoms with Crippen LogP contribution in [0, 0.1) is 20.8 Å². The SMILES string of the molecule is Cc1ccc(C2(c3ccc(O)c(C)c3)CCCCC2)cc1C. The minimum Gasteiger partial charge on any atom is -0.508 e. The first-order chi connectivity index (χ1) is 10.5. The van der Waals surface area contributed by atoms with Gasteiger partial charge in [-0.3, -0.25) is 0 Å². The summed E-state index contributed by atoms with van der Waals surface area (Å²) >= 11 is 0. The van der Waals surface area contributed by atoms with E-state index in [1.165, 1.54) is 54.4 Å². The highest BCUT2D eigenvalue weighted by atomic mass is 16.3. The molecule has 1 aliphatic carbocycles. The summed E-state index contributed by atoms with van der Waals surface area (Å²) in [7, 11) is 0. The topological polar surface area (TPSA) is 20.2 Å². The second-order valence-electron chi connectivity index (χ2n) is 6.94. The summed E-state index contributed by atoms with van der Waals surface area (Å²) in [5.41, 5.74) is 6.64. The van der Waals surface area contributed by atoms with Crippen molar-refractivity contribution in [3.8, 4) is 5.75 Å². The average molecular weight is 294 g/mol. The van der Waals surface area contributed by atoms with Gasteiger partial charge in [0.2, 0.25) is 0 Å². The number of hydrogen-bond donors (Lipinski definition) is 1. The molecule has 0 radical (unpaired) electrons. The Bertz CT molecular complexity index is 625. The van der Waals surface area contributed by atoms with E-state index in [-0.39, 0.29) is 5.41 Å². The van der Waals surface area contributed by atoms with Gasteiger partial charge in [0.15, 0.2) is 0 Å². The van der Waals surface area contributed by atoms with Gasteiger partial charge in [0, 0.05) is 5.41 Å². The highest BCUT2D eigenvalue weighted by molar-refractivity contribution is 5.46. The van der Waals surface area contributed by atoms with Crippen molar-refractivity contribution in [2.24, 2.45) is 0 Å². The highest BCUT2D eigenvalue weighted by Gasteiger charge is 2.36. The Labute approximate surface area is 134 Å². The largest absolute Gasteiger partial charge is 0.508 e. The van der Waals surface area contributed by atoms with Gasteiger partial charge in [0.25, 0.3) is 0 Å². The van der Waals surface area contributed by atoms with E-state index in [9.17, 15) is 5.11 Å². The van der Waals surface area contributed by atoms with Crippen LogP contribution < -0.4 is 0 Å². The van der Waals surface area contributed by atoms with Crippen LogP contribution in [0.25, 0.3) is 0 Å². The molecule has 2 aromatic carbocycles. The lowest BCUT2D eigenvalue weighted by Crippen LogP contribution is -2.30. The maximum absolute atomic E-state index is 9.88. The molecule has 1 nitrogen and oxygen atoms in total. The fraction of sp³-hybridized carbons (Fsp3) is 0.429. The molecule has 0 unspecified atom stereocenters. The van der Waals surface area contributed by atoms with Crippen LogP contribution in [0.3, 0.4) is 0 Å². The molecular weight excluding hydrogens is 268 g/mol. The van der Waals surface area contributed by atoms with Gasteiger partial charge < -0.3 is 5.11 Å². The lowest BCUT2D eigenvalue weighted by Gasteiger charge is -2.39. The van der Waals surface area contributed by atoms with E-state index in [1.54, 1.807) is 0 Å². The lowest BCUT2D eigenvalue weighted by molar-refractivity contribution is 0.345. The van der Waals surface area contributed by atoms with Crippen molar-refractivity contribution in [2.75, 3.05) is 0 Å². The second-order valence-corrected chi connectivity index (χ2v) is 6.94. The third-order valence-corrected chi connectivity index (χ3v) is 5.52. The van der Waals surface area contributed by atoms with E-state index in [0.717, 1.165) is 5.56 Å². The van der Waals surface area contributed by atoms with Crippen molar-refractivity contribution in [2.45, 2.75) is 58.3 Å². The standard InChI is InChI=1S/C21H26O/c1-15-7-8-18(13-16(15)2)21(11-5-4-6-12-21)19-9-10-20(22)17(3)14-19/h7-10,13-14,22H,4-6,11-12H2,1-3H3. The molecule has 0 atom stereocenters. The van der Waals surface area contributed by atoms with Gasteiger partial charge in [-0.1, -0.05) is 49.6 Å². The lowest BCUT2D eigenvalue weighted by atomic mass is 9.65. The molecule has 0 bridgehead atoms. The molecule has 0 aliphatic heterocycles. The molecule has 0 amide bonds. The third kappa shape index (κ3) is 2.54. The van der Waals surface area contributed by atoms with Gasteiger partial charge >= 0.3 is 0 Å². The first-order valence-corrected chi connectivity index (χ1v) is 8.41. The summed E-state index contributed by atoms with van der Waals surface area (Å²) in [5, 5.41) is 9.88. The van der Waals surface area contributed by atoms with E-state index >= 15 is 0 Å². The van der Waals surface area contributed by atoms with Crippen molar-refractivity contribution in [3.05, 3.63) is 64.2 Å². The number of benzene rings is 2. The maximum Gasteiger partial charge on any atom is 0.118 e. The van der Waals surface area contributed by atoms with E-state index in [4.69, 9.17) is 0 Å². The van der Waals surface area contributed by atoms with Crippen molar-refractivity contribution in [3.63, 3.8) is 0 Å². The zero-order valence-electron chi connectivity index (χ0n) is 13.9. The van der Waals surface area contributed by atoms with Gasteiger partial charge in [-0.15, -0.1) is 0 Å². The van der Waals surface area contributed by atoms with Crippen molar-refractivity contribution in [1.29, 1.82) is 0 Å². The fourth-order valence-corrected chi connectivity index (χ4v) is 3.89. The summed E-state index contributed by atoms with van der Waals surface area (Å²) < 4.78 is 0. The number of aryl methyl sites for hydroxylation is 3. The Kier molecular flexibility index (Phi) is 3.99. The van der Waals surface area contributed by atoms with E-state index in [0.29, 0.717) is 5.75 Å². The Morgan fingerprint density at radius 1 is 0.727 bits per heavy atom. The summed E-state index contributed by atoms with van der Waals surface area (Å²) in [6.07, 6.45) is 6.32. The van der Waals surface area contributed by atoms with Gasteiger partial charge in [-0.05, 0) is 67.5 Å². The molecule has 1 fully saturated rings. The highest BCUT2D eigenvalue weighted by Crippen LogP contribution is 2.46. The van der Waals surface area contributed by atoms with Crippen LogP contribution in [0.15, 0.2) is 36.4 Å². The molecule has 116 valence electrons. The van der Waals surface area contributed by atoms with E-state index < -0.39 is 0 Å². The molecule has 2 aromatic rings. The smallest absolute Gasteiger partial charge is 0.118 e. The van der Waals surface area contributed by atoms with Crippen LogP contribution in [0.5, 0.6) is 5.75 Å². The monoisotopic (exact) mass is 294 g/mol. The van der Waals surface area contributed by atoms with Crippen molar-refractivity contribution >= 4 is 0 Å². The molecule has 1 saturated carbocycles. The molecule has 22 heavy (non-hydrogen) atoms. The number of hydrogen-bond acceptors (Lipinski definition) is 1. The fourth-order valence-electron chi connectivity index (χ4n) is 3.89. The summed E-state index contributed by atoms with van der Waals surface area (Å²) in [6, 6.07) is 13.1. The minimum atomic E-state index is 0.120. The van der Waals surface area contributed by atoms with Crippen LogP contribution in [0.2, 0.25) is 0 Å². The number of rotatable bonds is 2. The molecule has 0 aromatic heterocycles. The minimum absolute atomic E-state index is 0.120. The molecule has 0 heterocycles. The van der Waals surface area contributed by atoms with E-state index in [1.807, 2.05) is 13.0 Å². The quantitative estimate of drug-likeness (QED) is 0.768. The zero-order valence-corrected chi connectivity index (χ0v) is 13.9. The molecular formula is C21H26O. The zero-order chi connectivity index (χ0) is 15.7. The average Bonchev–Trinajstić information content (AvgIpc) is 2.53. The molecule has 3 rings (SSSR count). The molecule has 1 heteroatoms. The Morgan fingerprint density at radius 3 is 1.91 bits per heavy atom. The second kappa shape index (κ2) is 5.79. The van der Waals surface area contributed by atoms with Crippen molar-refractivity contribution in [1.82, 2.24) is 0 Å². The maximum atomic E-state index is 9.88. The Balaban J connectivity index is 2.15. The Morgan fingerprint density at radius 2 is 1.32 bits per heavy atom. The number of aromatic hydroxyl groups is 1. The van der Waals surface area contributed by atoms with Gasteiger partial charge in [0.05, 0.1) is 0 Å². The Hall–Kier alpha value is -1.76. The van der Waals surface area contributed by atoms with E-state index in [2.05, 4.69) is 44.2 Å². The first-order valence-electron chi connectivity index (χ1n) is 8.41. The summed E-state index contributed by atoms with van der Waals surface area (Å²) in [4.78, 5) is 0. The predicted octanol–water partition coefficient (Wildman–Crippen LogP) is 5.57. The van der Waals surface area contributed by atoms with Crippen LogP contribution >= 0.6 is 0 Å². The van der Waals surface area contributed by atoms with Crippen LogP contribution in [-0.4, -0.2) is 5.11 Å². The first kappa shape index (κ1) is 15.1. The molecule has 1 aliphatic rings. The van der Waals surface area contributed by atoms with Crippen molar-refractivity contribution < 1.29 is 5.11 Å². The number of phenols is 1. The van der Waals surface area contributed by atoms with Crippen LogP contribution in [-0.2, 0) is 5.41 Å². The van der Waals surface area contributed by atoms with Crippen LogP contribution in [0.1, 0.15) is 59.9 Å². The normalized spacial score (nSPS) is 17.4. The number of phenolic OH excluding ortho intramolecular Hbond substituents is 1. The predicted molar refractivity (Wildman–Crippen MR) is 92.6 cm³/mol.